The molecule has 54 heavy (non-hydrogen) atoms. The number of likely N-dealkylation sites (N-methyl/N-ethyl adjacent to an activating group) is 1. The highest BCUT2D eigenvalue weighted by molar-refractivity contribution is 5.72. The van der Waals surface area contributed by atoms with Crippen molar-refractivity contribution in [2.75, 3.05) is 41.0 Å². The van der Waals surface area contributed by atoms with Gasteiger partial charge in [0, 0.05) is 19.3 Å². The number of quaternary nitrogens is 1. The van der Waals surface area contributed by atoms with Crippen LogP contribution in [0.3, 0.4) is 0 Å². The van der Waals surface area contributed by atoms with Gasteiger partial charge in [0.1, 0.15) is 6.61 Å². The summed E-state index contributed by atoms with van der Waals surface area (Å²) in [7, 11) is 5.49. The predicted octanol–water partition coefficient (Wildman–Crippen LogP) is 11.2. The number of nitrogens with zero attached hydrogens (tertiary/aromatic N) is 1. The first kappa shape index (κ1) is 50.8. The summed E-state index contributed by atoms with van der Waals surface area (Å²) >= 11 is 0. The Kier molecular flexibility index (Phi) is 34.5. The molecule has 2 atom stereocenters. The summed E-state index contributed by atoms with van der Waals surface area (Å²) in [6.07, 6.45) is 45.3. The molecule has 0 saturated carbocycles. The third-order valence-corrected chi connectivity index (χ3v) is 8.84. The van der Waals surface area contributed by atoms with Gasteiger partial charge >= 0.3 is 17.9 Å². The molecule has 2 unspecified atom stereocenters. The number of carboxylic acid groups (broad SMARTS) is 1. The zero-order valence-corrected chi connectivity index (χ0v) is 34.9. The van der Waals surface area contributed by atoms with Gasteiger partial charge in [-0.25, -0.2) is 4.79 Å². The Morgan fingerprint density at radius 1 is 0.574 bits per heavy atom. The molecule has 308 valence electrons. The Morgan fingerprint density at radius 3 is 1.57 bits per heavy atom. The predicted molar refractivity (Wildman–Crippen MR) is 224 cm³/mol. The molecule has 0 radical (unpaired) electrons. The van der Waals surface area contributed by atoms with E-state index in [0.29, 0.717) is 19.3 Å². The first-order chi connectivity index (χ1) is 26.1. The molecule has 0 bridgehead atoms. The number of carboxylic acids is 1. The van der Waals surface area contributed by atoms with Gasteiger partial charge in [-0.2, -0.15) is 0 Å². The van der Waals surface area contributed by atoms with Gasteiger partial charge in [0.2, 0.25) is 0 Å². The lowest BCUT2D eigenvalue weighted by atomic mass is 10.1. The van der Waals surface area contributed by atoms with Crippen molar-refractivity contribution in [2.45, 2.75) is 161 Å². The Morgan fingerprint density at radius 2 is 1.04 bits per heavy atom. The summed E-state index contributed by atoms with van der Waals surface area (Å²) in [5.41, 5.74) is 0. The van der Waals surface area contributed by atoms with E-state index in [1.165, 1.54) is 25.7 Å². The highest BCUT2D eigenvalue weighted by Crippen LogP contribution is 2.12. The zero-order valence-electron chi connectivity index (χ0n) is 34.9. The second-order valence-electron chi connectivity index (χ2n) is 14.9. The van der Waals surface area contributed by atoms with E-state index in [9.17, 15) is 19.5 Å². The third-order valence-electron chi connectivity index (χ3n) is 8.84. The quantitative estimate of drug-likeness (QED) is 0.0294. The summed E-state index contributed by atoms with van der Waals surface area (Å²) in [4.78, 5) is 36.8. The molecule has 0 rings (SSSR count). The smallest absolute Gasteiger partial charge is 0.362 e. The van der Waals surface area contributed by atoms with E-state index in [1.54, 1.807) is 0 Å². The van der Waals surface area contributed by atoms with Gasteiger partial charge in [0.15, 0.2) is 12.1 Å². The normalized spacial score (nSPS) is 13.7. The molecule has 0 fully saturated rings. The average molecular weight is 757 g/mol. The van der Waals surface area contributed by atoms with Crippen molar-refractivity contribution in [1.29, 1.82) is 0 Å². The molecule has 0 aromatic heterocycles. The maximum Gasteiger partial charge on any atom is 0.362 e. The molecule has 0 saturated heterocycles. The van der Waals surface area contributed by atoms with Gasteiger partial charge in [-0.05, 0) is 83.5 Å². The lowest BCUT2D eigenvalue weighted by molar-refractivity contribution is -0.887. The first-order valence-corrected chi connectivity index (χ1v) is 21.0. The van der Waals surface area contributed by atoms with Crippen LogP contribution < -0.4 is 0 Å². The van der Waals surface area contributed by atoms with Gasteiger partial charge in [0.25, 0.3) is 0 Å². The van der Waals surface area contributed by atoms with E-state index < -0.39 is 18.1 Å². The number of rotatable bonds is 36. The van der Waals surface area contributed by atoms with Crippen molar-refractivity contribution in [3.05, 3.63) is 72.9 Å². The van der Waals surface area contributed by atoms with E-state index in [4.69, 9.17) is 14.2 Å². The lowest BCUT2D eigenvalue weighted by Gasteiger charge is -2.31. The Balaban J connectivity index is 4.34. The van der Waals surface area contributed by atoms with E-state index >= 15 is 0 Å². The number of aliphatic carboxylic acids is 1. The maximum atomic E-state index is 12.6. The van der Waals surface area contributed by atoms with Crippen LogP contribution in [0.15, 0.2) is 72.9 Å². The summed E-state index contributed by atoms with van der Waals surface area (Å²) < 4.78 is 17.1. The molecule has 0 aliphatic heterocycles. The number of carbonyl (C=O) groups excluding carboxylic acids is 2. The van der Waals surface area contributed by atoms with E-state index in [2.05, 4.69) is 86.8 Å². The highest BCUT2D eigenvalue weighted by atomic mass is 16.6. The van der Waals surface area contributed by atoms with Crippen LogP contribution in [0.4, 0.5) is 0 Å². The second-order valence-corrected chi connectivity index (χ2v) is 14.9. The average Bonchev–Trinajstić information content (AvgIpc) is 3.12. The molecular weight excluding hydrogens is 679 g/mol. The van der Waals surface area contributed by atoms with Gasteiger partial charge in [-0.15, -0.1) is 0 Å². The van der Waals surface area contributed by atoms with E-state index in [1.807, 2.05) is 21.1 Å². The van der Waals surface area contributed by atoms with Crippen LogP contribution in [0.2, 0.25) is 0 Å². The minimum Gasteiger partial charge on any atom is -0.477 e. The summed E-state index contributed by atoms with van der Waals surface area (Å²) in [5.74, 6) is -1.55. The Bertz CT molecular complexity index is 1110. The van der Waals surface area contributed by atoms with Crippen molar-refractivity contribution in [2.24, 2.45) is 0 Å². The van der Waals surface area contributed by atoms with Crippen molar-refractivity contribution < 1.29 is 38.2 Å². The number of unbranched alkanes of at least 4 members (excludes halogenated alkanes) is 10. The topological polar surface area (TPSA) is 99.1 Å². The minimum atomic E-state index is -0.887. The third kappa shape index (κ3) is 34.5. The molecule has 0 amide bonds. The molecule has 0 aromatic carbocycles. The number of esters is 2. The zero-order chi connectivity index (χ0) is 40.0. The van der Waals surface area contributed by atoms with Crippen molar-refractivity contribution in [3.63, 3.8) is 0 Å². The number of hydrogen-bond donors (Lipinski definition) is 1. The molecule has 8 nitrogen and oxygen atoms in total. The van der Waals surface area contributed by atoms with Crippen molar-refractivity contribution >= 4 is 17.9 Å². The van der Waals surface area contributed by atoms with Crippen LogP contribution in [-0.4, -0.2) is 80.6 Å². The monoisotopic (exact) mass is 757 g/mol. The van der Waals surface area contributed by atoms with Crippen LogP contribution in [0.1, 0.15) is 149 Å². The molecule has 0 spiro atoms. The molecule has 0 aromatic rings. The van der Waals surface area contributed by atoms with E-state index in [-0.39, 0.29) is 42.7 Å². The first-order valence-electron chi connectivity index (χ1n) is 21.0. The van der Waals surface area contributed by atoms with Crippen LogP contribution in [0.5, 0.6) is 0 Å². The van der Waals surface area contributed by atoms with Gasteiger partial charge in [-0.1, -0.05) is 119 Å². The number of carbonyl (C=O) groups is 3. The standard InChI is InChI=1S/C46H77NO7/c1-6-8-10-12-14-16-17-18-19-20-21-22-23-24-25-26-27-29-30-32-34-36-44(48)53-41-42(40-52-39-38-43(46(50)51)47(3,4)5)54-45(49)37-35-33-31-28-15-13-11-9-7-2/h9,11,14-16,18-19,21-22,24-25,28,42-43H,6-8,10,12-13,17,20,23,26-27,29-41H2,1-5H3/p+1/b11-9+,16-14+,19-18+,22-21+,25-24+,28-15+. The van der Waals surface area contributed by atoms with Crippen molar-refractivity contribution in [1.82, 2.24) is 0 Å². The molecule has 1 N–H and O–H groups in total. The van der Waals surface area contributed by atoms with Crippen LogP contribution in [0.25, 0.3) is 0 Å². The molecule has 8 heteroatoms. The summed E-state index contributed by atoms with van der Waals surface area (Å²) in [6, 6.07) is -0.625. The van der Waals surface area contributed by atoms with Crippen molar-refractivity contribution in [3.8, 4) is 0 Å². The summed E-state index contributed by atoms with van der Waals surface area (Å²) in [6.45, 7) is 4.50. The number of allylic oxidation sites excluding steroid dienone is 12. The second kappa shape index (κ2) is 36.7. The van der Waals surface area contributed by atoms with E-state index in [0.717, 1.165) is 83.5 Å². The summed E-state index contributed by atoms with van der Waals surface area (Å²) in [5, 5.41) is 9.59. The lowest BCUT2D eigenvalue weighted by Crippen LogP contribution is -2.50. The fourth-order valence-electron chi connectivity index (χ4n) is 5.58. The maximum absolute atomic E-state index is 12.6. The fraction of sp³-hybridized carbons (Fsp3) is 0.674. The minimum absolute atomic E-state index is 0.0377. The SMILES string of the molecule is CC/C=C/C/C=C/CCCCC(=O)OC(COCCC(C(=O)O)[N+](C)(C)C)COC(=O)CCCCCCC/C=C/C/C=C/C/C=C/C/C=C/CCCCC. The number of ether oxygens (including phenoxy) is 3. The Hall–Kier alpha value is -3.23. The Labute approximate surface area is 330 Å². The highest BCUT2D eigenvalue weighted by Gasteiger charge is 2.31. The van der Waals surface area contributed by atoms with Gasteiger partial charge < -0.3 is 23.8 Å². The van der Waals surface area contributed by atoms with Crippen LogP contribution in [-0.2, 0) is 28.6 Å². The molecule has 0 aliphatic carbocycles. The van der Waals surface area contributed by atoms with Crippen LogP contribution in [0, 0.1) is 0 Å². The molecule has 0 aliphatic rings. The van der Waals surface area contributed by atoms with Gasteiger partial charge in [0.05, 0.1) is 34.4 Å². The molecule has 0 heterocycles. The fourth-order valence-corrected chi connectivity index (χ4v) is 5.58. The molecular formula is C46H78NO7+. The number of hydrogen-bond acceptors (Lipinski definition) is 6. The van der Waals surface area contributed by atoms with Crippen LogP contribution >= 0.6 is 0 Å². The largest absolute Gasteiger partial charge is 0.477 e. The van der Waals surface area contributed by atoms with Gasteiger partial charge in [-0.3, -0.25) is 9.59 Å².